The Labute approximate surface area is 99.8 Å². The number of halogens is 2. The van der Waals surface area contributed by atoms with Crippen molar-refractivity contribution in [2.24, 2.45) is 0 Å². The van der Waals surface area contributed by atoms with Gasteiger partial charge in [0.15, 0.2) is 0 Å². The molecule has 0 heterocycles. The number of benzene rings is 1. The summed E-state index contributed by atoms with van der Waals surface area (Å²) >= 11 is 5.62. The van der Waals surface area contributed by atoms with Gasteiger partial charge in [-0.05, 0) is 24.2 Å². The standard InChI is InChI=1S/C12H15ClFNO/c1-2-15-6-5-11(16)7-9-3-4-10(13)8-12(9)14/h3-4,8,15H,2,5-7H2,1H3. The third-order valence-electron chi connectivity index (χ3n) is 2.23. The summed E-state index contributed by atoms with van der Waals surface area (Å²) in [5.41, 5.74) is 0.408. The number of Topliss-reactive ketones (excluding diaryl/α,β-unsaturated/α-hetero) is 1. The van der Waals surface area contributed by atoms with E-state index in [-0.39, 0.29) is 12.2 Å². The molecule has 0 unspecified atom stereocenters. The second kappa shape index (κ2) is 6.61. The minimum absolute atomic E-state index is 0.0298. The van der Waals surface area contributed by atoms with E-state index in [0.717, 1.165) is 6.54 Å². The molecule has 1 aromatic carbocycles. The lowest BCUT2D eigenvalue weighted by molar-refractivity contribution is -0.118. The minimum Gasteiger partial charge on any atom is -0.317 e. The Balaban J connectivity index is 2.49. The van der Waals surface area contributed by atoms with Crippen molar-refractivity contribution in [2.75, 3.05) is 13.1 Å². The van der Waals surface area contributed by atoms with Crippen molar-refractivity contribution in [3.8, 4) is 0 Å². The second-order valence-electron chi connectivity index (χ2n) is 3.55. The molecule has 4 heteroatoms. The summed E-state index contributed by atoms with van der Waals surface area (Å²) < 4.78 is 13.3. The largest absolute Gasteiger partial charge is 0.317 e. The Morgan fingerprint density at radius 2 is 2.25 bits per heavy atom. The maximum absolute atomic E-state index is 13.3. The first-order chi connectivity index (χ1) is 7.63. The molecule has 1 N–H and O–H groups in total. The van der Waals surface area contributed by atoms with Gasteiger partial charge in [0.05, 0.1) is 0 Å². The van der Waals surface area contributed by atoms with Gasteiger partial charge in [0.25, 0.3) is 0 Å². The summed E-state index contributed by atoms with van der Waals surface area (Å²) in [6.07, 6.45) is 0.560. The van der Waals surface area contributed by atoms with Crippen LogP contribution in [0.2, 0.25) is 5.02 Å². The molecule has 88 valence electrons. The van der Waals surface area contributed by atoms with E-state index in [4.69, 9.17) is 11.6 Å². The van der Waals surface area contributed by atoms with Gasteiger partial charge in [-0.1, -0.05) is 24.6 Å². The van der Waals surface area contributed by atoms with E-state index < -0.39 is 5.82 Å². The van der Waals surface area contributed by atoms with Gasteiger partial charge in [0, 0.05) is 24.4 Å². The van der Waals surface area contributed by atoms with Crippen LogP contribution >= 0.6 is 11.6 Å². The third-order valence-corrected chi connectivity index (χ3v) is 2.47. The van der Waals surface area contributed by atoms with Crippen molar-refractivity contribution >= 4 is 17.4 Å². The van der Waals surface area contributed by atoms with Crippen LogP contribution in [0.25, 0.3) is 0 Å². The van der Waals surface area contributed by atoms with Gasteiger partial charge in [-0.3, -0.25) is 4.79 Å². The number of ketones is 1. The molecule has 0 saturated heterocycles. The number of nitrogens with one attached hydrogen (secondary N) is 1. The number of hydrogen-bond donors (Lipinski definition) is 1. The van der Waals surface area contributed by atoms with Crippen molar-refractivity contribution in [1.82, 2.24) is 5.32 Å². The number of carbonyl (C=O) groups excluding carboxylic acids is 1. The number of hydrogen-bond acceptors (Lipinski definition) is 2. The first-order valence-electron chi connectivity index (χ1n) is 5.29. The Morgan fingerprint density at radius 3 is 2.88 bits per heavy atom. The molecule has 1 aromatic rings. The predicted molar refractivity (Wildman–Crippen MR) is 63.3 cm³/mol. The molecule has 16 heavy (non-hydrogen) atoms. The smallest absolute Gasteiger partial charge is 0.138 e. The molecule has 1 rings (SSSR count). The van der Waals surface area contributed by atoms with Crippen LogP contribution in [0, 0.1) is 5.82 Å². The van der Waals surface area contributed by atoms with E-state index in [1.165, 1.54) is 6.07 Å². The summed E-state index contributed by atoms with van der Waals surface area (Å²) in [6, 6.07) is 4.38. The Bertz CT molecular complexity index is 368. The van der Waals surface area contributed by atoms with Crippen LogP contribution in [-0.2, 0) is 11.2 Å². The van der Waals surface area contributed by atoms with Gasteiger partial charge in [-0.25, -0.2) is 4.39 Å². The molecule has 0 radical (unpaired) electrons. The Kier molecular flexibility index (Phi) is 5.43. The highest BCUT2D eigenvalue weighted by Gasteiger charge is 2.08. The lowest BCUT2D eigenvalue weighted by Gasteiger charge is -2.03. The summed E-state index contributed by atoms with van der Waals surface area (Å²) in [5, 5.41) is 3.40. The quantitative estimate of drug-likeness (QED) is 0.779. The molecule has 0 aliphatic carbocycles. The average Bonchev–Trinajstić information content (AvgIpc) is 2.23. The topological polar surface area (TPSA) is 29.1 Å². The van der Waals surface area contributed by atoms with Crippen molar-refractivity contribution in [2.45, 2.75) is 19.8 Å². The van der Waals surface area contributed by atoms with E-state index in [1.807, 2.05) is 6.92 Å². The second-order valence-corrected chi connectivity index (χ2v) is 3.99. The third kappa shape index (κ3) is 4.29. The Hall–Kier alpha value is -0.930. The van der Waals surface area contributed by atoms with Gasteiger partial charge >= 0.3 is 0 Å². The van der Waals surface area contributed by atoms with Gasteiger partial charge in [-0.2, -0.15) is 0 Å². The van der Waals surface area contributed by atoms with E-state index in [1.54, 1.807) is 12.1 Å². The fourth-order valence-electron chi connectivity index (χ4n) is 1.37. The fourth-order valence-corrected chi connectivity index (χ4v) is 1.53. The normalized spacial score (nSPS) is 10.4. The highest BCUT2D eigenvalue weighted by Crippen LogP contribution is 2.15. The number of rotatable bonds is 6. The molecule has 0 fully saturated rings. The maximum atomic E-state index is 13.3. The zero-order valence-corrected chi connectivity index (χ0v) is 9.98. The van der Waals surface area contributed by atoms with Crippen LogP contribution in [-0.4, -0.2) is 18.9 Å². The van der Waals surface area contributed by atoms with Crippen LogP contribution < -0.4 is 5.32 Å². The van der Waals surface area contributed by atoms with Crippen molar-refractivity contribution in [3.05, 3.63) is 34.6 Å². The first kappa shape index (κ1) is 13.1. The van der Waals surface area contributed by atoms with Crippen molar-refractivity contribution < 1.29 is 9.18 Å². The maximum Gasteiger partial charge on any atom is 0.138 e. The molecule has 0 amide bonds. The molecular formula is C12H15ClFNO. The van der Waals surface area contributed by atoms with Gasteiger partial charge in [-0.15, -0.1) is 0 Å². The zero-order chi connectivity index (χ0) is 12.0. The minimum atomic E-state index is -0.413. The van der Waals surface area contributed by atoms with Crippen LogP contribution in [0.5, 0.6) is 0 Å². The van der Waals surface area contributed by atoms with Gasteiger partial charge in [0.1, 0.15) is 11.6 Å². The van der Waals surface area contributed by atoms with Crippen molar-refractivity contribution in [1.29, 1.82) is 0 Å². The van der Waals surface area contributed by atoms with E-state index >= 15 is 0 Å². The molecule has 0 aliphatic rings. The molecular weight excluding hydrogens is 229 g/mol. The fraction of sp³-hybridized carbons (Fsp3) is 0.417. The SMILES string of the molecule is CCNCCC(=O)Cc1ccc(Cl)cc1F. The van der Waals surface area contributed by atoms with Crippen LogP contribution in [0.1, 0.15) is 18.9 Å². The highest BCUT2D eigenvalue weighted by molar-refractivity contribution is 6.30. The monoisotopic (exact) mass is 243 g/mol. The molecule has 2 nitrogen and oxygen atoms in total. The van der Waals surface area contributed by atoms with Crippen molar-refractivity contribution in [3.63, 3.8) is 0 Å². The highest BCUT2D eigenvalue weighted by atomic mass is 35.5. The summed E-state index contributed by atoms with van der Waals surface area (Å²) in [7, 11) is 0. The van der Waals surface area contributed by atoms with Crippen LogP contribution in [0.3, 0.4) is 0 Å². The average molecular weight is 244 g/mol. The van der Waals surface area contributed by atoms with E-state index in [2.05, 4.69) is 5.32 Å². The molecule has 0 spiro atoms. The molecule has 0 atom stereocenters. The first-order valence-corrected chi connectivity index (χ1v) is 5.67. The van der Waals surface area contributed by atoms with Gasteiger partial charge in [0.2, 0.25) is 0 Å². The lowest BCUT2D eigenvalue weighted by Crippen LogP contribution is -2.18. The molecule has 0 aliphatic heterocycles. The molecule has 0 bridgehead atoms. The molecule has 0 aromatic heterocycles. The van der Waals surface area contributed by atoms with Crippen LogP contribution in [0.4, 0.5) is 4.39 Å². The Morgan fingerprint density at radius 1 is 1.50 bits per heavy atom. The molecule has 0 saturated carbocycles. The summed E-state index contributed by atoms with van der Waals surface area (Å²) in [4.78, 5) is 11.5. The van der Waals surface area contributed by atoms with E-state index in [0.29, 0.717) is 23.6 Å². The predicted octanol–water partition coefficient (Wildman–Crippen LogP) is 2.59. The number of carbonyl (C=O) groups is 1. The van der Waals surface area contributed by atoms with Crippen LogP contribution in [0.15, 0.2) is 18.2 Å². The van der Waals surface area contributed by atoms with Gasteiger partial charge < -0.3 is 5.32 Å². The zero-order valence-electron chi connectivity index (χ0n) is 9.22. The lowest BCUT2D eigenvalue weighted by atomic mass is 10.1. The summed E-state index contributed by atoms with van der Waals surface area (Å²) in [5.74, 6) is -0.383. The summed E-state index contributed by atoms with van der Waals surface area (Å²) in [6.45, 7) is 3.45. The van der Waals surface area contributed by atoms with E-state index in [9.17, 15) is 9.18 Å².